The summed E-state index contributed by atoms with van der Waals surface area (Å²) in [5.41, 5.74) is 0.251. The second kappa shape index (κ2) is 4.63. The van der Waals surface area contributed by atoms with Crippen LogP contribution in [0.4, 0.5) is 5.82 Å². The molecule has 8 heteroatoms. The third-order valence-electron chi connectivity index (χ3n) is 3.22. The number of aliphatic hydroxyl groups excluding tert-OH is 1. The van der Waals surface area contributed by atoms with E-state index in [1.165, 1.54) is 4.40 Å². The molecule has 2 aromatic rings. The summed E-state index contributed by atoms with van der Waals surface area (Å²) >= 11 is 0. The van der Waals surface area contributed by atoms with Crippen molar-refractivity contribution in [2.24, 2.45) is 0 Å². The molecule has 1 atom stereocenters. The van der Waals surface area contributed by atoms with Gasteiger partial charge < -0.3 is 14.7 Å². The van der Waals surface area contributed by atoms with Gasteiger partial charge in [-0.05, 0) is 6.92 Å². The van der Waals surface area contributed by atoms with Crippen LogP contribution in [0.1, 0.15) is 5.82 Å². The molecule has 1 saturated heterocycles. The van der Waals surface area contributed by atoms with E-state index in [0.717, 1.165) is 5.82 Å². The van der Waals surface area contributed by atoms with E-state index in [1.54, 1.807) is 13.0 Å². The maximum atomic E-state index is 11.5. The summed E-state index contributed by atoms with van der Waals surface area (Å²) in [4.78, 5) is 18.0. The van der Waals surface area contributed by atoms with Gasteiger partial charge in [0.25, 0.3) is 0 Å². The Balaban J connectivity index is 1.98. The Hall–Kier alpha value is -1.93. The van der Waals surface area contributed by atoms with Crippen LogP contribution in [0.2, 0.25) is 0 Å². The Morgan fingerprint density at radius 1 is 1.63 bits per heavy atom. The summed E-state index contributed by atoms with van der Waals surface area (Å²) in [6.07, 6.45) is -0.201. The number of aromatic amines is 1. The van der Waals surface area contributed by atoms with E-state index in [2.05, 4.69) is 15.2 Å². The van der Waals surface area contributed by atoms with Crippen LogP contribution in [0, 0.1) is 6.92 Å². The van der Waals surface area contributed by atoms with Gasteiger partial charge >= 0.3 is 5.69 Å². The molecule has 0 radical (unpaired) electrons. The highest BCUT2D eigenvalue weighted by Gasteiger charge is 2.21. The van der Waals surface area contributed by atoms with Crippen molar-refractivity contribution >= 4 is 11.5 Å². The second-order valence-corrected chi connectivity index (χ2v) is 4.51. The van der Waals surface area contributed by atoms with Crippen molar-refractivity contribution in [2.45, 2.75) is 13.0 Å². The van der Waals surface area contributed by atoms with Crippen molar-refractivity contribution in [1.29, 1.82) is 0 Å². The quantitative estimate of drug-likeness (QED) is 0.717. The van der Waals surface area contributed by atoms with E-state index >= 15 is 0 Å². The van der Waals surface area contributed by atoms with Crippen molar-refractivity contribution < 1.29 is 9.84 Å². The smallest absolute Gasteiger partial charge is 0.349 e. The number of aliphatic hydroxyl groups is 1. The highest BCUT2D eigenvalue weighted by molar-refractivity contribution is 5.51. The van der Waals surface area contributed by atoms with Crippen LogP contribution in [-0.2, 0) is 4.74 Å². The lowest BCUT2D eigenvalue weighted by atomic mass is 10.3. The molecule has 0 bridgehead atoms. The van der Waals surface area contributed by atoms with Crippen molar-refractivity contribution in [3.8, 4) is 0 Å². The number of H-pyrrole nitrogens is 1. The first-order valence-corrected chi connectivity index (χ1v) is 6.11. The van der Waals surface area contributed by atoms with Crippen LogP contribution < -0.4 is 10.6 Å². The van der Waals surface area contributed by atoms with Crippen LogP contribution in [0.5, 0.6) is 0 Å². The molecule has 0 aromatic carbocycles. The predicted octanol–water partition coefficient (Wildman–Crippen LogP) is -1.08. The normalized spacial score (nSPS) is 20.1. The minimum absolute atomic E-state index is 0.0143. The molecule has 0 spiro atoms. The van der Waals surface area contributed by atoms with Gasteiger partial charge in [-0.25, -0.2) is 19.3 Å². The van der Waals surface area contributed by atoms with Gasteiger partial charge in [0.1, 0.15) is 11.6 Å². The zero-order valence-electron chi connectivity index (χ0n) is 10.5. The number of fused-ring (bicyclic) bond motifs is 1. The van der Waals surface area contributed by atoms with Crippen LogP contribution in [0.25, 0.3) is 5.65 Å². The minimum atomic E-state index is -0.290. The summed E-state index contributed by atoms with van der Waals surface area (Å²) in [5, 5.41) is 15.5. The Morgan fingerprint density at radius 2 is 2.47 bits per heavy atom. The zero-order chi connectivity index (χ0) is 13.4. The van der Waals surface area contributed by atoms with Crippen molar-refractivity contribution in [3.63, 3.8) is 0 Å². The van der Waals surface area contributed by atoms with Gasteiger partial charge in [0.05, 0.1) is 19.3 Å². The number of rotatable bonds is 2. The average Bonchev–Trinajstić information content (AvgIpc) is 2.81. The lowest BCUT2D eigenvalue weighted by molar-refractivity contribution is 0.00335. The molecule has 0 saturated carbocycles. The lowest BCUT2D eigenvalue weighted by Gasteiger charge is -2.32. The van der Waals surface area contributed by atoms with E-state index in [-0.39, 0.29) is 18.4 Å². The van der Waals surface area contributed by atoms with Gasteiger partial charge in [0, 0.05) is 19.2 Å². The third kappa shape index (κ3) is 2.08. The summed E-state index contributed by atoms with van der Waals surface area (Å²) in [5.74, 6) is 1.32. The van der Waals surface area contributed by atoms with E-state index in [1.807, 2.05) is 4.90 Å². The van der Waals surface area contributed by atoms with Crippen LogP contribution in [0.15, 0.2) is 10.9 Å². The number of hydrogen-bond acceptors (Lipinski definition) is 6. The van der Waals surface area contributed by atoms with Gasteiger partial charge in [-0.15, -0.1) is 0 Å². The molecule has 3 heterocycles. The average molecular weight is 265 g/mol. The van der Waals surface area contributed by atoms with Crippen LogP contribution in [0.3, 0.4) is 0 Å². The fourth-order valence-corrected chi connectivity index (χ4v) is 2.28. The summed E-state index contributed by atoms with van der Waals surface area (Å²) in [6, 6.07) is 1.75. The Labute approximate surface area is 108 Å². The number of hydrogen-bond donors (Lipinski definition) is 2. The summed E-state index contributed by atoms with van der Waals surface area (Å²) in [7, 11) is 0. The number of morpholine rings is 1. The molecule has 3 rings (SSSR count). The molecule has 19 heavy (non-hydrogen) atoms. The molecule has 0 aliphatic carbocycles. The molecule has 0 amide bonds. The standard InChI is InChI=1S/C11H15N5O3/c1-7-12-9(4-10-13-14-11(18)16(7)10)15-2-3-19-8(5-15)6-17/h4,8,17H,2-3,5-6H2,1H3,(H,14,18). The first kappa shape index (κ1) is 12.1. The van der Waals surface area contributed by atoms with E-state index in [4.69, 9.17) is 9.84 Å². The number of aromatic nitrogens is 4. The van der Waals surface area contributed by atoms with Gasteiger partial charge in [-0.2, -0.15) is 5.10 Å². The van der Waals surface area contributed by atoms with Gasteiger partial charge in [0.15, 0.2) is 5.65 Å². The molecule has 1 fully saturated rings. The molecule has 1 aliphatic rings. The van der Waals surface area contributed by atoms with Gasteiger partial charge in [0.2, 0.25) is 0 Å². The topological polar surface area (TPSA) is 95.8 Å². The fraction of sp³-hybridized carbons (Fsp3) is 0.545. The second-order valence-electron chi connectivity index (χ2n) is 4.51. The maximum Gasteiger partial charge on any atom is 0.349 e. The van der Waals surface area contributed by atoms with Crippen molar-refractivity contribution in [1.82, 2.24) is 19.6 Å². The number of nitrogens with zero attached hydrogens (tertiary/aromatic N) is 4. The Kier molecular flexibility index (Phi) is 2.96. The van der Waals surface area contributed by atoms with Crippen LogP contribution >= 0.6 is 0 Å². The Bertz CT molecular complexity index is 649. The zero-order valence-corrected chi connectivity index (χ0v) is 10.5. The fourth-order valence-electron chi connectivity index (χ4n) is 2.28. The largest absolute Gasteiger partial charge is 0.394 e. The Morgan fingerprint density at radius 3 is 3.26 bits per heavy atom. The van der Waals surface area contributed by atoms with Crippen LogP contribution in [-0.4, -0.2) is 57.1 Å². The first-order chi connectivity index (χ1) is 9.19. The monoisotopic (exact) mass is 265 g/mol. The van der Waals surface area contributed by atoms with E-state index < -0.39 is 0 Å². The maximum absolute atomic E-state index is 11.5. The minimum Gasteiger partial charge on any atom is -0.394 e. The SMILES string of the molecule is Cc1nc(N2CCOC(CO)C2)cc2n[nH]c(=O)n12. The summed E-state index contributed by atoms with van der Waals surface area (Å²) < 4.78 is 6.83. The number of anilines is 1. The molecule has 1 unspecified atom stereocenters. The van der Waals surface area contributed by atoms with Crippen molar-refractivity contribution in [3.05, 3.63) is 22.4 Å². The number of aryl methyl sites for hydroxylation is 1. The molecule has 2 aromatic heterocycles. The molecule has 102 valence electrons. The van der Waals surface area contributed by atoms with Gasteiger partial charge in [-0.1, -0.05) is 0 Å². The highest BCUT2D eigenvalue weighted by Crippen LogP contribution is 2.17. The molecular weight excluding hydrogens is 250 g/mol. The first-order valence-electron chi connectivity index (χ1n) is 6.11. The summed E-state index contributed by atoms with van der Waals surface area (Å²) in [6.45, 7) is 3.57. The molecule has 1 aliphatic heterocycles. The van der Waals surface area contributed by atoms with Crippen molar-refractivity contribution in [2.75, 3.05) is 31.2 Å². The number of ether oxygens (including phenoxy) is 1. The number of nitrogens with one attached hydrogen (secondary N) is 1. The highest BCUT2D eigenvalue weighted by atomic mass is 16.5. The third-order valence-corrected chi connectivity index (χ3v) is 3.22. The molecule has 2 N–H and O–H groups in total. The predicted molar refractivity (Wildman–Crippen MR) is 67.4 cm³/mol. The van der Waals surface area contributed by atoms with Gasteiger partial charge in [-0.3, -0.25) is 0 Å². The molecule has 8 nitrogen and oxygen atoms in total. The lowest BCUT2D eigenvalue weighted by Crippen LogP contribution is -2.44. The van der Waals surface area contributed by atoms with E-state index in [0.29, 0.717) is 31.2 Å². The molecular formula is C11H15N5O3. The van der Waals surface area contributed by atoms with E-state index in [9.17, 15) is 4.79 Å².